The van der Waals surface area contributed by atoms with Crippen molar-refractivity contribution >= 4 is 29.0 Å². The maximum atomic E-state index is 12.2. The lowest BCUT2D eigenvalue weighted by atomic mass is 10.1. The molecular weight excluding hydrogens is 314 g/mol. The number of benzene rings is 1. The number of rotatable bonds is 5. The fourth-order valence-electron chi connectivity index (χ4n) is 2.04. The number of para-hydroxylation sites is 1. The average molecular weight is 331 g/mol. The van der Waals surface area contributed by atoms with Gasteiger partial charge in [-0.25, -0.2) is 0 Å². The zero-order chi connectivity index (χ0) is 17.0. The van der Waals surface area contributed by atoms with Gasteiger partial charge in [-0.3, -0.25) is 14.5 Å². The minimum Gasteiger partial charge on any atom is -0.493 e. The van der Waals surface area contributed by atoms with E-state index < -0.39 is 5.91 Å². The second-order valence-electron chi connectivity index (χ2n) is 5.02. The van der Waals surface area contributed by atoms with Gasteiger partial charge in [-0.2, -0.15) is 0 Å². The van der Waals surface area contributed by atoms with Crippen LogP contribution >= 0.6 is 11.8 Å². The smallest absolute Gasteiger partial charge is 0.294 e. The Labute approximate surface area is 139 Å². The van der Waals surface area contributed by atoms with Crippen molar-refractivity contribution in [3.63, 3.8) is 0 Å². The van der Waals surface area contributed by atoms with Gasteiger partial charge in [0.05, 0.1) is 24.7 Å². The molecule has 1 aromatic rings. The van der Waals surface area contributed by atoms with E-state index in [1.807, 2.05) is 13.8 Å². The molecule has 120 valence electrons. The number of nitrogens with zero attached hydrogens (tertiary/aromatic N) is 1. The molecule has 5 nitrogen and oxygen atoms in total. The fraction of sp³-hybridized carbons (Fsp3) is 0.294. The molecule has 23 heavy (non-hydrogen) atoms. The van der Waals surface area contributed by atoms with Crippen LogP contribution in [-0.4, -0.2) is 35.8 Å². The molecule has 2 amide bonds. The number of terminal acetylenes is 1. The average Bonchev–Trinajstić information content (AvgIpc) is 2.76. The van der Waals surface area contributed by atoms with Crippen LogP contribution in [0.25, 0.3) is 6.08 Å². The predicted molar refractivity (Wildman–Crippen MR) is 90.3 cm³/mol. The number of amides is 2. The van der Waals surface area contributed by atoms with Crippen LogP contribution in [0.2, 0.25) is 0 Å². The van der Waals surface area contributed by atoms with Crippen molar-refractivity contribution in [2.45, 2.75) is 20.0 Å². The molecule has 1 aromatic carbocycles. The molecular formula is C17H17NO4S. The Hall–Kier alpha value is -2.39. The largest absolute Gasteiger partial charge is 0.493 e. The van der Waals surface area contributed by atoms with Gasteiger partial charge in [-0.05, 0) is 37.8 Å². The van der Waals surface area contributed by atoms with E-state index in [0.717, 1.165) is 16.7 Å². The van der Waals surface area contributed by atoms with E-state index in [-0.39, 0.29) is 17.9 Å². The number of carbonyl (C=O) groups is 2. The zero-order valence-electron chi connectivity index (χ0n) is 13.2. The maximum Gasteiger partial charge on any atom is 0.294 e. The van der Waals surface area contributed by atoms with Gasteiger partial charge >= 0.3 is 0 Å². The highest BCUT2D eigenvalue weighted by atomic mass is 32.2. The van der Waals surface area contributed by atoms with Crippen molar-refractivity contribution < 1.29 is 19.1 Å². The Kier molecular flexibility index (Phi) is 5.35. The number of imide groups is 1. The minimum absolute atomic E-state index is 0.0323. The molecule has 6 heteroatoms. The second kappa shape index (κ2) is 7.25. The SMILES string of the molecule is C#CCN1C(=O)S/C(=C\c2cccc(OC)c2OC(C)C)C1=O. The normalized spacial score (nSPS) is 16.1. The maximum absolute atomic E-state index is 12.2. The molecule has 1 heterocycles. The third kappa shape index (κ3) is 3.69. The van der Waals surface area contributed by atoms with Crippen LogP contribution in [0.15, 0.2) is 23.1 Å². The lowest BCUT2D eigenvalue weighted by molar-refractivity contribution is -0.122. The molecule has 1 fully saturated rings. The Morgan fingerprint density at radius 3 is 2.74 bits per heavy atom. The molecule has 2 rings (SSSR count). The molecule has 0 radical (unpaired) electrons. The Morgan fingerprint density at radius 2 is 2.13 bits per heavy atom. The van der Waals surface area contributed by atoms with Gasteiger partial charge in [-0.1, -0.05) is 18.1 Å². The molecule has 1 aliphatic heterocycles. The highest BCUT2D eigenvalue weighted by molar-refractivity contribution is 8.18. The van der Waals surface area contributed by atoms with Crippen LogP contribution in [0.3, 0.4) is 0 Å². The Balaban J connectivity index is 2.42. The van der Waals surface area contributed by atoms with Gasteiger partial charge in [0.2, 0.25) is 0 Å². The molecule has 0 aromatic heterocycles. The molecule has 0 N–H and O–H groups in total. The summed E-state index contributed by atoms with van der Waals surface area (Å²) >= 11 is 0.864. The third-order valence-electron chi connectivity index (χ3n) is 2.99. The van der Waals surface area contributed by atoms with E-state index in [0.29, 0.717) is 22.0 Å². The van der Waals surface area contributed by atoms with Gasteiger partial charge in [-0.15, -0.1) is 6.42 Å². The van der Waals surface area contributed by atoms with Crippen molar-refractivity contribution in [2.75, 3.05) is 13.7 Å². The van der Waals surface area contributed by atoms with E-state index >= 15 is 0 Å². The topological polar surface area (TPSA) is 55.8 Å². The summed E-state index contributed by atoms with van der Waals surface area (Å²) in [7, 11) is 1.55. The minimum atomic E-state index is -0.392. The van der Waals surface area contributed by atoms with Crippen LogP contribution in [0.1, 0.15) is 19.4 Å². The summed E-state index contributed by atoms with van der Waals surface area (Å²) in [6.45, 7) is 3.77. The number of carbonyl (C=O) groups excluding carboxylic acids is 2. The molecule has 0 aliphatic carbocycles. The Bertz CT molecular complexity index is 703. The van der Waals surface area contributed by atoms with Crippen molar-refractivity contribution in [3.05, 3.63) is 28.7 Å². The van der Waals surface area contributed by atoms with Crippen molar-refractivity contribution in [1.29, 1.82) is 0 Å². The fourth-order valence-corrected chi connectivity index (χ4v) is 2.87. The highest BCUT2D eigenvalue weighted by Crippen LogP contribution is 2.37. The number of ether oxygens (including phenoxy) is 2. The number of hydrogen-bond acceptors (Lipinski definition) is 5. The van der Waals surface area contributed by atoms with Crippen LogP contribution < -0.4 is 9.47 Å². The first-order valence-electron chi connectivity index (χ1n) is 7.00. The van der Waals surface area contributed by atoms with Gasteiger partial charge in [0.1, 0.15) is 0 Å². The van der Waals surface area contributed by atoms with E-state index in [9.17, 15) is 9.59 Å². The lowest BCUT2D eigenvalue weighted by Crippen LogP contribution is -2.28. The Morgan fingerprint density at radius 1 is 1.39 bits per heavy atom. The molecule has 0 unspecified atom stereocenters. The van der Waals surface area contributed by atoms with Crippen molar-refractivity contribution in [1.82, 2.24) is 4.90 Å². The first-order valence-corrected chi connectivity index (χ1v) is 7.82. The van der Waals surface area contributed by atoms with Crippen LogP contribution in [0, 0.1) is 12.3 Å². The van der Waals surface area contributed by atoms with E-state index in [1.165, 1.54) is 0 Å². The van der Waals surface area contributed by atoms with Crippen LogP contribution in [0.5, 0.6) is 11.5 Å². The summed E-state index contributed by atoms with van der Waals surface area (Å²) in [5.74, 6) is 3.02. The van der Waals surface area contributed by atoms with Gasteiger partial charge in [0.15, 0.2) is 11.5 Å². The van der Waals surface area contributed by atoms with E-state index in [1.54, 1.807) is 31.4 Å². The third-order valence-corrected chi connectivity index (χ3v) is 3.90. The van der Waals surface area contributed by atoms with Gasteiger partial charge in [0.25, 0.3) is 11.1 Å². The first-order chi connectivity index (χ1) is 11.0. The van der Waals surface area contributed by atoms with Crippen LogP contribution in [0.4, 0.5) is 4.79 Å². The zero-order valence-corrected chi connectivity index (χ0v) is 14.0. The van der Waals surface area contributed by atoms with Crippen LogP contribution in [-0.2, 0) is 4.79 Å². The number of thioether (sulfide) groups is 1. The molecule has 0 atom stereocenters. The van der Waals surface area contributed by atoms with Gasteiger partial charge < -0.3 is 9.47 Å². The monoisotopic (exact) mass is 331 g/mol. The highest BCUT2D eigenvalue weighted by Gasteiger charge is 2.34. The second-order valence-corrected chi connectivity index (χ2v) is 6.01. The molecule has 0 bridgehead atoms. The standard InChI is InChI=1S/C17H17NO4S/c1-5-9-18-16(19)14(23-17(18)20)10-12-7-6-8-13(21-4)15(12)22-11(2)3/h1,6-8,10-11H,9H2,2-4H3/b14-10-. The van der Waals surface area contributed by atoms with Gasteiger partial charge in [0, 0.05) is 5.56 Å². The van der Waals surface area contributed by atoms with E-state index in [2.05, 4.69) is 5.92 Å². The van der Waals surface area contributed by atoms with E-state index in [4.69, 9.17) is 15.9 Å². The summed E-state index contributed by atoms with van der Waals surface area (Å²) in [5, 5.41) is -0.367. The number of hydrogen-bond donors (Lipinski definition) is 0. The predicted octanol–water partition coefficient (Wildman–Crippen LogP) is 3.15. The summed E-state index contributed by atoms with van der Waals surface area (Å²) in [5.41, 5.74) is 0.671. The first kappa shape index (κ1) is 17.0. The molecule has 1 aliphatic rings. The number of methoxy groups -OCH3 is 1. The summed E-state index contributed by atoms with van der Waals surface area (Å²) < 4.78 is 11.1. The summed E-state index contributed by atoms with van der Waals surface area (Å²) in [6, 6.07) is 5.37. The lowest BCUT2D eigenvalue weighted by Gasteiger charge is -2.16. The molecule has 0 saturated carbocycles. The molecule has 1 saturated heterocycles. The van der Waals surface area contributed by atoms with Crippen molar-refractivity contribution in [3.8, 4) is 23.8 Å². The quantitative estimate of drug-likeness (QED) is 0.613. The summed E-state index contributed by atoms with van der Waals surface area (Å²) in [6.07, 6.45) is 6.75. The summed E-state index contributed by atoms with van der Waals surface area (Å²) in [4.78, 5) is 25.4. The molecule has 0 spiro atoms. The van der Waals surface area contributed by atoms with Crippen molar-refractivity contribution in [2.24, 2.45) is 0 Å².